The Morgan fingerprint density at radius 3 is 2.68 bits per heavy atom. The van der Waals surface area contributed by atoms with E-state index in [9.17, 15) is 14.7 Å². The van der Waals surface area contributed by atoms with Crippen molar-refractivity contribution >= 4 is 17.4 Å². The molecule has 1 N–H and O–H groups in total. The van der Waals surface area contributed by atoms with Crippen LogP contribution in [0.4, 0.5) is 0 Å². The van der Waals surface area contributed by atoms with Gasteiger partial charge in [-0.1, -0.05) is 30.3 Å². The lowest BCUT2D eigenvalue weighted by atomic mass is 9.91. The fourth-order valence-corrected chi connectivity index (χ4v) is 3.16. The first kappa shape index (κ1) is 16.9. The molecule has 1 amide bonds. The van der Waals surface area contributed by atoms with E-state index in [-0.39, 0.29) is 12.3 Å². The maximum atomic E-state index is 12.6. The van der Waals surface area contributed by atoms with Crippen LogP contribution in [0.3, 0.4) is 0 Å². The van der Waals surface area contributed by atoms with Crippen molar-refractivity contribution in [1.82, 2.24) is 9.88 Å². The molecule has 2 heterocycles. The van der Waals surface area contributed by atoms with Crippen LogP contribution in [0.1, 0.15) is 23.1 Å². The van der Waals surface area contributed by atoms with Crippen LogP contribution in [0.2, 0.25) is 0 Å². The highest BCUT2D eigenvalue weighted by atomic mass is 16.4. The number of carbonyl (C=O) groups excluding carboxylic acids is 1. The summed E-state index contributed by atoms with van der Waals surface area (Å²) in [5.74, 6) is -0.916. The summed E-state index contributed by atoms with van der Waals surface area (Å²) in [6, 6.07) is 11.4. The molecule has 0 atom stereocenters. The summed E-state index contributed by atoms with van der Waals surface area (Å²) in [4.78, 5) is 30.1. The Kier molecular flexibility index (Phi) is 4.93. The van der Waals surface area contributed by atoms with Crippen molar-refractivity contribution < 1.29 is 14.7 Å². The molecular weight excluding hydrogens is 316 g/mol. The first-order valence-electron chi connectivity index (χ1n) is 8.24. The number of rotatable bonds is 4. The summed E-state index contributed by atoms with van der Waals surface area (Å²) in [6.07, 6.45) is 3.99. The number of amides is 1. The number of aromatic nitrogens is 1. The van der Waals surface area contributed by atoms with Crippen LogP contribution in [0.25, 0.3) is 5.57 Å². The number of hydrogen-bond acceptors (Lipinski definition) is 3. The number of pyridine rings is 1. The molecule has 5 nitrogen and oxygen atoms in total. The van der Waals surface area contributed by atoms with E-state index in [0.717, 1.165) is 22.3 Å². The summed E-state index contributed by atoms with van der Waals surface area (Å²) in [5, 5.41) is 9.55. The Morgan fingerprint density at radius 2 is 2.00 bits per heavy atom. The average molecular weight is 336 g/mol. The zero-order chi connectivity index (χ0) is 17.8. The van der Waals surface area contributed by atoms with Crippen LogP contribution in [0.15, 0.2) is 54.4 Å². The third-order valence-electron chi connectivity index (χ3n) is 4.50. The van der Waals surface area contributed by atoms with Gasteiger partial charge in [-0.25, -0.2) is 4.79 Å². The second-order valence-electron chi connectivity index (χ2n) is 6.18. The predicted octanol–water partition coefficient (Wildman–Crippen LogP) is 2.70. The lowest BCUT2D eigenvalue weighted by Gasteiger charge is -2.30. The standard InChI is InChI=1S/C20H20N2O3/c1-14-5-2-3-7-16(14)18-13-22(10-8-17(18)20(24)25)19(23)11-15-6-4-9-21-12-15/h2-7,9,12H,8,10-11,13H2,1H3,(H,24,25). The normalized spacial score (nSPS) is 14.5. The molecule has 5 heteroatoms. The number of carboxylic acids is 1. The maximum absolute atomic E-state index is 12.6. The second kappa shape index (κ2) is 7.30. The molecule has 25 heavy (non-hydrogen) atoms. The summed E-state index contributed by atoms with van der Waals surface area (Å²) >= 11 is 0. The van der Waals surface area contributed by atoms with Gasteiger partial charge in [-0.3, -0.25) is 9.78 Å². The zero-order valence-electron chi connectivity index (χ0n) is 14.1. The van der Waals surface area contributed by atoms with E-state index in [4.69, 9.17) is 0 Å². The molecule has 0 fully saturated rings. The molecule has 1 aromatic heterocycles. The van der Waals surface area contributed by atoms with Gasteiger partial charge in [0.15, 0.2) is 0 Å². The Balaban J connectivity index is 1.86. The lowest BCUT2D eigenvalue weighted by Crippen LogP contribution is -2.38. The number of carboxylic acid groups (broad SMARTS) is 1. The average Bonchev–Trinajstić information content (AvgIpc) is 2.62. The summed E-state index contributed by atoms with van der Waals surface area (Å²) < 4.78 is 0. The number of aryl methyl sites for hydroxylation is 1. The number of benzene rings is 1. The number of carbonyl (C=O) groups is 2. The van der Waals surface area contributed by atoms with Gasteiger partial charge in [0.2, 0.25) is 5.91 Å². The van der Waals surface area contributed by atoms with E-state index < -0.39 is 5.97 Å². The quantitative estimate of drug-likeness (QED) is 0.932. The lowest BCUT2D eigenvalue weighted by molar-refractivity contribution is -0.134. The van der Waals surface area contributed by atoms with Crippen LogP contribution in [-0.4, -0.2) is 40.0 Å². The molecule has 128 valence electrons. The molecule has 0 bridgehead atoms. The van der Waals surface area contributed by atoms with Crippen LogP contribution in [0.5, 0.6) is 0 Å². The van der Waals surface area contributed by atoms with E-state index in [2.05, 4.69) is 4.98 Å². The van der Waals surface area contributed by atoms with E-state index in [0.29, 0.717) is 25.1 Å². The van der Waals surface area contributed by atoms with E-state index in [1.54, 1.807) is 23.4 Å². The van der Waals surface area contributed by atoms with Gasteiger partial charge in [0.25, 0.3) is 0 Å². The van der Waals surface area contributed by atoms with Gasteiger partial charge in [0, 0.05) is 31.1 Å². The van der Waals surface area contributed by atoms with Crippen molar-refractivity contribution in [2.24, 2.45) is 0 Å². The zero-order valence-corrected chi connectivity index (χ0v) is 14.1. The van der Waals surface area contributed by atoms with Crippen LogP contribution in [0, 0.1) is 6.92 Å². The van der Waals surface area contributed by atoms with Crippen molar-refractivity contribution in [2.75, 3.05) is 13.1 Å². The monoisotopic (exact) mass is 336 g/mol. The van der Waals surface area contributed by atoms with Crippen molar-refractivity contribution in [3.05, 3.63) is 71.1 Å². The summed E-state index contributed by atoms with van der Waals surface area (Å²) in [6.45, 7) is 2.71. The Bertz CT molecular complexity index is 828. The Hall–Kier alpha value is -2.95. The highest BCUT2D eigenvalue weighted by Gasteiger charge is 2.27. The topological polar surface area (TPSA) is 70.5 Å². The smallest absolute Gasteiger partial charge is 0.331 e. The van der Waals surface area contributed by atoms with Gasteiger partial charge < -0.3 is 10.0 Å². The minimum atomic E-state index is -0.905. The molecule has 3 rings (SSSR count). The molecule has 0 radical (unpaired) electrons. The molecule has 0 saturated heterocycles. The Morgan fingerprint density at radius 1 is 1.20 bits per heavy atom. The molecule has 0 saturated carbocycles. The predicted molar refractivity (Wildman–Crippen MR) is 94.9 cm³/mol. The van der Waals surface area contributed by atoms with Gasteiger partial charge in [0.1, 0.15) is 0 Å². The van der Waals surface area contributed by atoms with Gasteiger partial charge in [-0.15, -0.1) is 0 Å². The first-order valence-corrected chi connectivity index (χ1v) is 8.24. The summed E-state index contributed by atoms with van der Waals surface area (Å²) in [5.41, 5.74) is 3.91. The molecular formula is C20H20N2O3. The largest absolute Gasteiger partial charge is 0.478 e. The molecule has 1 aliphatic rings. The minimum absolute atomic E-state index is 0.0106. The van der Waals surface area contributed by atoms with Crippen molar-refractivity contribution in [1.29, 1.82) is 0 Å². The van der Waals surface area contributed by atoms with Crippen molar-refractivity contribution in [3.63, 3.8) is 0 Å². The van der Waals surface area contributed by atoms with E-state index in [1.807, 2.05) is 37.3 Å². The Labute approximate surface area is 146 Å². The third-order valence-corrected chi connectivity index (χ3v) is 4.50. The summed E-state index contributed by atoms with van der Waals surface area (Å²) in [7, 11) is 0. The highest BCUT2D eigenvalue weighted by Crippen LogP contribution is 2.29. The fourth-order valence-electron chi connectivity index (χ4n) is 3.16. The number of hydrogen-bond donors (Lipinski definition) is 1. The van der Waals surface area contributed by atoms with Crippen LogP contribution < -0.4 is 0 Å². The highest BCUT2D eigenvalue weighted by molar-refractivity contribution is 5.98. The minimum Gasteiger partial charge on any atom is -0.478 e. The molecule has 1 aromatic carbocycles. The van der Waals surface area contributed by atoms with Crippen molar-refractivity contribution in [3.8, 4) is 0 Å². The number of nitrogens with zero attached hydrogens (tertiary/aromatic N) is 2. The molecule has 0 aliphatic carbocycles. The fraction of sp³-hybridized carbons (Fsp3) is 0.250. The van der Waals surface area contributed by atoms with Gasteiger partial charge in [-0.05, 0) is 41.7 Å². The second-order valence-corrected chi connectivity index (χ2v) is 6.18. The van der Waals surface area contributed by atoms with Gasteiger partial charge in [-0.2, -0.15) is 0 Å². The maximum Gasteiger partial charge on any atom is 0.331 e. The number of aliphatic carboxylic acids is 1. The molecule has 0 unspecified atom stereocenters. The van der Waals surface area contributed by atoms with E-state index >= 15 is 0 Å². The first-order chi connectivity index (χ1) is 12.1. The van der Waals surface area contributed by atoms with Crippen LogP contribution >= 0.6 is 0 Å². The SMILES string of the molecule is Cc1ccccc1C1=C(C(=O)O)CCN(C(=O)Cc2cccnc2)C1. The van der Waals surface area contributed by atoms with Crippen LogP contribution in [-0.2, 0) is 16.0 Å². The third kappa shape index (κ3) is 3.76. The molecule has 2 aromatic rings. The van der Waals surface area contributed by atoms with Crippen molar-refractivity contribution in [2.45, 2.75) is 19.8 Å². The van der Waals surface area contributed by atoms with Gasteiger partial charge in [0.05, 0.1) is 6.42 Å². The molecule has 1 aliphatic heterocycles. The van der Waals surface area contributed by atoms with Gasteiger partial charge >= 0.3 is 5.97 Å². The molecule has 0 spiro atoms. The van der Waals surface area contributed by atoms with E-state index in [1.165, 1.54) is 0 Å².